The van der Waals surface area contributed by atoms with Gasteiger partial charge in [-0.3, -0.25) is 4.79 Å². The summed E-state index contributed by atoms with van der Waals surface area (Å²) in [7, 11) is 0. The van der Waals surface area contributed by atoms with Crippen molar-refractivity contribution in [2.24, 2.45) is 0 Å². The van der Waals surface area contributed by atoms with Crippen LogP contribution in [0.5, 0.6) is 11.5 Å². The van der Waals surface area contributed by atoms with Crippen molar-refractivity contribution in [2.45, 2.75) is 46.8 Å². The molecule has 0 fully saturated rings. The van der Waals surface area contributed by atoms with Crippen LogP contribution in [0.1, 0.15) is 44.9 Å². The Labute approximate surface area is 189 Å². The molecule has 0 aliphatic carbocycles. The lowest BCUT2D eigenvalue weighted by Crippen LogP contribution is -2.45. The van der Waals surface area contributed by atoms with Gasteiger partial charge in [0.2, 0.25) is 0 Å². The Kier molecular flexibility index (Phi) is 7.17. The number of anilines is 1. The van der Waals surface area contributed by atoms with Crippen LogP contribution in [-0.4, -0.2) is 23.7 Å². The molecule has 1 atom stereocenters. The van der Waals surface area contributed by atoms with Crippen LogP contribution in [0.4, 0.5) is 5.69 Å². The maximum atomic E-state index is 13.2. The third kappa shape index (κ3) is 5.55. The smallest absolute Gasteiger partial charge is 0.255 e. The lowest BCUT2D eigenvalue weighted by molar-refractivity contribution is -0.113. The maximum absolute atomic E-state index is 13.2. The fourth-order valence-electron chi connectivity index (χ4n) is 3.40. The molecular weight excluding hydrogens is 410 g/mol. The lowest BCUT2D eigenvalue weighted by Gasteiger charge is -2.31. The van der Waals surface area contributed by atoms with Crippen molar-refractivity contribution in [1.29, 1.82) is 0 Å². The number of hydrogen-bond acceptors (Lipinski definition) is 4. The van der Waals surface area contributed by atoms with E-state index in [0.717, 1.165) is 16.8 Å². The first-order valence-corrected chi connectivity index (χ1v) is 10.8. The van der Waals surface area contributed by atoms with E-state index < -0.39 is 6.04 Å². The van der Waals surface area contributed by atoms with Crippen LogP contribution < -0.4 is 25.4 Å². The van der Waals surface area contributed by atoms with Gasteiger partial charge in [0.25, 0.3) is 5.91 Å². The number of hydrogen-bond donors (Lipinski definition) is 3. The Hall–Kier alpha value is -3.06. The van der Waals surface area contributed by atoms with E-state index >= 15 is 0 Å². The van der Waals surface area contributed by atoms with Gasteiger partial charge in [0.1, 0.15) is 0 Å². The predicted octanol–water partition coefficient (Wildman–Crippen LogP) is 4.61. The number of carbonyl (C=O) groups is 1. The van der Waals surface area contributed by atoms with E-state index in [1.807, 2.05) is 77.1 Å². The Morgan fingerprint density at radius 2 is 1.84 bits per heavy atom. The minimum atomic E-state index is -0.425. The van der Waals surface area contributed by atoms with Crippen molar-refractivity contribution in [1.82, 2.24) is 10.6 Å². The van der Waals surface area contributed by atoms with Crippen LogP contribution in [0.2, 0.25) is 0 Å². The van der Waals surface area contributed by atoms with Crippen LogP contribution in [0.15, 0.2) is 53.7 Å². The number of benzene rings is 2. The molecule has 7 heteroatoms. The minimum Gasteiger partial charge on any atom is -0.490 e. The normalized spacial score (nSPS) is 15.9. The minimum absolute atomic E-state index is 0.0210. The summed E-state index contributed by atoms with van der Waals surface area (Å²) in [5.74, 6) is 1.11. The van der Waals surface area contributed by atoms with E-state index in [-0.39, 0.29) is 12.0 Å². The van der Waals surface area contributed by atoms with Crippen molar-refractivity contribution in [3.05, 3.63) is 64.9 Å². The molecule has 1 amide bonds. The second-order valence-corrected chi connectivity index (χ2v) is 8.10. The molecule has 0 spiro atoms. The van der Waals surface area contributed by atoms with Crippen molar-refractivity contribution in [2.75, 3.05) is 11.9 Å². The second-order valence-electron chi connectivity index (χ2n) is 7.70. The molecule has 2 aromatic carbocycles. The van der Waals surface area contributed by atoms with Gasteiger partial charge in [0.05, 0.1) is 24.3 Å². The average Bonchev–Trinajstić information content (AvgIpc) is 2.70. The summed E-state index contributed by atoms with van der Waals surface area (Å²) in [5, 5.41) is 9.74. The van der Waals surface area contributed by atoms with Crippen molar-refractivity contribution >= 4 is 28.9 Å². The quantitative estimate of drug-likeness (QED) is 0.547. The van der Waals surface area contributed by atoms with Gasteiger partial charge < -0.3 is 25.4 Å². The molecule has 1 aliphatic rings. The average molecular weight is 440 g/mol. The fourth-order valence-corrected chi connectivity index (χ4v) is 3.67. The first-order valence-electron chi connectivity index (χ1n) is 10.4. The number of allylic oxidation sites excluding steroid dienone is 1. The molecule has 3 N–H and O–H groups in total. The zero-order valence-electron chi connectivity index (χ0n) is 18.5. The van der Waals surface area contributed by atoms with Crippen LogP contribution >= 0.6 is 12.2 Å². The summed E-state index contributed by atoms with van der Waals surface area (Å²) in [6.07, 6.45) is 0.0210. The molecule has 0 bridgehead atoms. The van der Waals surface area contributed by atoms with Crippen molar-refractivity contribution in [3.8, 4) is 11.5 Å². The van der Waals surface area contributed by atoms with E-state index in [9.17, 15) is 4.79 Å². The summed E-state index contributed by atoms with van der Waals surface area (Å²) < 4.78 is 11.7. The fraction of sp³-hybridized carbons (Fsp3) is 0.333. The monoisotopic (exact) mass is 439 g/mol. The van der Waals surface area contributed by atoms with Gasteiger partial charge in [0, 0.05) is 11.4 Å². The molecule has 0 saturated carbocycles. The highest BCUT2D eigenvalue weighted by Gasteiger charge is 2.30. The lowest BCUT2D eigenvalue weighted by atomic mass is 9.94. The van der Waals surface area contributed by atoms with E-state index in [0.29, 0.717) is 34.5 Å². The number of thiocarbonyl (C=S) groups is 1. The number of amides is 1. The summed E-state index contributed by atoms with van der Waals surface area (Å²) in [6, 6.07) is 13.0. The zero-order chi connectivity index (χ0) is 22.5. The molecule has 0 saturated heterocycles. The third-order valence-corrected chi connectivity index (χ3v) is 5.01. The van der Waals surface area contributed by atoms with Crippen LogP contribution in [-0.2, 0) is 4.79 Å². The van der Waals surface area contributed by atoms with Crippen molar-refractivity contribution < 1.29 is 14.3 Å². The molecule has 31 heavy (non-hydrogen) atoms. The topological polar surface area (TPSA) is 71.6 Å². The molecule has 1 unspecified atom stereocenters. The van der Waals surface area contributed by atoms with Crippen molar-refractivity contribution in [3.63, 3.8) is 0 Å². The molecule has 3 rings (SSSR count). The molecule has 6 nitrogen and oxygen atoms in total. The standard InChI is InChI=1S/C24H29N3O3S/c1-6-29-20-13-17(9-12-19(20)30-14(2)3)22-21(16(5)25-24(31)27-22)23(28)26-18-10-7-15(4)8-11-18/h7-14,22H,6H2,1-5H3,(H,26,28)(H2,25,27,31). The van der Waals surface area contributed by atoms with Gasteiger partial charge in [0.15, 0.2) is 16.6 Å². The Morgan fingerprint density at radius 3 is 2.48 bits per heavy atom. The molecule has 1 aliphatic heterocycles. The Balaban J connectivity index is 1.96. The number of aryl methyl sites for hydroxylation is 1. The summed E-state index contributed by atoms with van der Waals surface area (Å²) >= 11 is 5.37. The van der Waals surface area contributed by atoms with E-state index in [1.54, 1.807) is 0 Å². The number of carbonyl (C=O) groups excluding carboxylic acids is 1. The molecular formula is C24H29N3O3S. The van der Waals surface area contributed by atoms with Gasteiger partial charge >= 0.3 is 0 Å². The largest absolute Gasteiger partial charge is 0.490 e. The van der Waals surface area contributed by atoms with Crippen LogP contribution in [0.25, 0.3) is 0 Å². The molecule has 0 aromatic heterocycles. The summed E-state index contributed by atoms with van der Waals surface area (Å²) in [4.78, 5) is 13.2. The highest BCUT2D eigenvalue weighted by Crippen LogP contribution is 2.35. The third-order valence-electron chi connectivity index (χ3n) is 4.79. The predicted molar refractivity (Wildman–Crippen MR) is 127 cm³/mol. The first-order chi connectivity index (χ1) is 14.8. The Morgan fingerprint density at radius 1 is 1.13 bits per heavy atom. The van der Waals surface area contributed by atoms with E-state index in [1.165, 1.54) is 0 Å². The highest BCUT2D eigenvalue weighted by atomic mass is 32.1. The second kappa shape index (κ2) is 9.83. The maximum Gasteiger partial charge on any atom is 0.255 e. The van der Waals surface area contributed by atoms with Gasteiger partial charge in [-0.2, -0.15) is 0 Å². The molecule has 0 radical (unpaired) electrons. The first kappa shape index (κ1) is 22.6. The van der Waals surface area contributed by atoms with Crippen LogP contribution in [0, 0.1) is 6.92 Å². The van der Waals surface area contributed by atoms with Gasteiger partial charge in [-0.25, -0.2) is 0 Å². The van der Waals surface area contributed by atoms with Gasteiger partial charge in [-0.1, -0.05) is 23.8 Å². The van der Waals surface area contributed by atoms with E-state index in [2.05, 4.69) is 16.0 Å². The SMILES string of the molecule is CCOc1cc(C2NC(=S)NC(C)=C2C(=O)Nc2ccc(C)cc2)ccc1OC(C)C. The molecule has 1 heterocycles. The number of ether oxygens (including phenoxy) is 2. The zero-order valence-corrected chi connectivity index (χ0v) is 19.4. The van der Waals surface area contributed by atoms with Gasteiger partial charge in [-0.05, 0) is 76.7 Å². The summed E-state index contributed by atoms with van der Waals surface area (Å²) in [6.45, 7) is 10.2. The molecule has 164 valence electrons. The molecule has 2 aromatic rings. The summed E-state index contributed by atoms with van der Waals surface area (Å²) in [5.41, 5.74) is 3.99. The van der Waals surface area contributed by atoms with E-state index in [4.69, 9.17) is 21.7 Å². The highest BCUT2D eigenvalue weighted by molar-refractivity contribution is 7.80. The van der Waals surface area contributed by atoms with Crippen LogP contribution in [0.3, 0.4) is 0 Å². The van der Waals surface area contributed by atoms with Gasteiger partial charge in [-0.15, -0.1) is 0 Å². The number of nitrogens with one attached hydrogen (secondary N) is 3. The Bertz CT molecular complexity index is 1000. The number of rotatable bonds is 7.